The summed E-state index contributed by atoms with van der Waals surface area (Å²) in [5.41, 5.74) is 2.53. The first-order chi connectivity index (χ1) is 16.5. The number of para-hydroxylation sites is 1. The van der Waals surface area contributed by atoms with Crippen LogP contribution in [0.2, 0.25) is 0 Å². The van der Waals surface area contributed by atoms with E-state index in [1.165, 1.54) is 0 Å². The maximum absolute atomic E-state index is 12.0. The number of phenols is 1. The van der Waals surface area contributed by atoms with Gasteiger partial charge in [0.25, 0.3) is 0 Å². The Balaban J connectivity index is 0.00000289. The summed E-state index contributed by atoms with van der Waals surface area (Å²) >= 11 is 0. The minimum Gasteiger partial charge on any atom is -0.507 e. The maximum Gasteiger partial charge on any atom is 0.407 e. The molecule has 2 N–H and O–H groups in total. The number of piperidine rings is 1. The van der Waals surface area contributed by atoms with E-state index in [9.17, 15) is 15.0 Å². The predicted octanol–water partition coefficient (Wildman–Crippen LogP) is 4.72. The van der Waals surface area contributed by atoms with Crippen LogP contribution in [-0.2, 0) is 4.74 Å². The molecule has 1 aromatic heterocycles. The molecule has 8 nitrogen and oxygen atoms in total. The number of aryl methyl sites for hydroxylation is 1. The zero-order valence-electron chi connectivity index (χ0n) is 19.8. The number of aromatic nitrogens is 2. The normalized spacial score (nSPS) is 20.0. The van der Waals surface area contributed by atoms with Crippen LogP contribution in [0.1, 0.15) is 24.8 Å². The van der Waals surface area contributed by atoms with Gasteiger partial charge in [-0.2, -0.15) is 0 Å². The molecule has 0 bridgehead atoms. The van der Waals surface area contributed by atoms with Gasteiger partial charge in [-0.1, -0.05) is 18.2 Å². The Morgan fingerprint density at radius 1 is 1.20 bits per heavy atom. The van der Waals surface area contributed by atoms with Crippen molar-refractivity contribution < 1.29 is 19.7 Å². The van der Waals surface area contributed by atoms with Crippen LogP contribution in [0.3, 0.4) is 0 Å². The van der Waals surface area contributed by atoms with Gasteiger partial charge in [0.15, 0.2) is 5.82 Å². The van der Waals surface area contributed by atoms with Crippen molar-refractivity contribution in [1.82, 2.24) is 14.9 Å². The van der Waals surface area contributed by atoms with Crippen LogP contribution in [0.25, 0.3) is 22.3 Å². The highest BCUT2D eigenvalue weighted by Gasteiger charge is 2.32. The second-order valence-electron chi connectivity index (χ2n) is 9.32. The molecule has 2 aliphatic heterocycles. The molecule has 186 valence electrons. The number of rotatable bonds is 5. The standard InChI is InChI=1S/C26H30N4O4.ClH/c1-17-8-9-20-22(13-17)27-24(21-6-2-3-7-23(21)31)28-25(20)29-11-4-5-18(14-29)15-30(26(32)33)19-10-12-34-16-19;/h2-3,6-9,13,18-19,31H,4-5,10-12,14-16H2,1H3,(H,32,33);1H/t18-,19+;/m1./s1. The molecule has 0 radical (unpaired) electrons. The Kier molecular flexibility index (Phi) is 7.62. The number of carboxylic acid groups (broad SMARTS) is 1. The Hall–Kier alpha value is -3.10. The van der Waals surface area contributed by atoms with Crippen molar-refractivity contribution in [3.05, 3.63) is 48.0 Å². The summed E-state index contributed by atoms with van der Waals surface area (Å²) in [5.74, 6) is 1.67. The summed E-state index contributed by atoms with van der Waals surface area (Å²) in [4.78, 5) is 25.5. The van der Waals surface area contributed by atoms with Crippen molar-refractivity contribution in [3.63, 3.8) is 0 Å². The third-order valence-corrected chi connectivity index (χ3v) is 6.84. The van der Waals surface area contributed by atoms with E-state index in [1.807, 2.05) is 25.1 Å². The number of fused-ring (bicyclic) bond motifs is 1. The maximum atomic E-state index is 12.0. The Labute approximate surface area is 211 Å². The van der Waals surface area contributed by atoms with Gasteiger partial charge in [-0.05, 0) is 61.9 Å². The van der Waals surface area contributed by atoms with Crippen LogP contribution in [-0.4, -0.2) is 70.1 Å². The molecule has 1 amide bonds. The van der Waals surface area contributed by atoms with E-state index < -0.39 is 6.09 Å². The van der Waals surface area contributed by atoms with Crippen molar-refractivity contribution >= 4 is 35.2 Å². The highest BCUT2D eigenvalue weighted by molar-refractivity contribution is 5.92. The third kappa shape index (κ3) is 5.28. The number of aromatic hydroxyl groups is 1. The molecule has 0 aliphatic carbocycles. The SMILES string of the molecule is Cc1ccc2c(N3CCC[C@@H](CN(C(=O)O)[C@H]4CCOC4)C3)nc(-c3ccccc3O)nc2c1.Cl. The molecule has 2 atom stereocenters. The second kappa shape index (κ2) is 10.7. The summed E-state index contributed by atoms with van der Waals surface area (Å²) < 4.78 is 5.44. The number of ether oxygens (including phenoxy) is 1. The van der Waals surface area contributed by atoms with E-state index in [0.29, 0.717) is 31.1 Å². The molecule has 2 saturated heterocycles. The van der Waals surface area contributed by atoms with E-state index in [4.69, 9.17) is 14.7 Å². The number of nitrogens with zero attached hydrogens (tertiary/aromatic N) is 4. The number of amides is 1. The number of hydrogen-bond donors (Lipinski definition) is 2. The number of anilines is 1. The first kappa shape index (κ1) is 25.0. The zero-order chi connectivity index (χ0) is 23.7. The molecular weight excluding hydrogens is 468 g/mol. The van der Waals surface area contributed by atoms with Gasteiger partial charge < -0.3 is 24.7 Å². The van der Waals surface area contributed by atoms with Crippen LogP contribution in [0.4, 0.5) is 10.6 Å². The molecular formula is C26H31ClN4O4. The Morgan fingerprint density at radius 2 is 2.03 bits per heavy atom. The first-order valence-corrected chi connectivity index (χ1v) is 11.9. The lowest BCUT2D eigenvalue weighted by molar-refractivity contribution is 0.101. The molecule has 9 heteroatoms. The number of benzene rings is 2. The average Bonchev–Trinajstić information content (AvgIpc) is 3.36. The fraction of sp³-hybridized carbons (Fsp3) is 0.423. The molecule has 2 aromatic carbocycles. The van der Waals surface area contributed by atoms with Crippen molar-refractivity contribution in [2.75, 3.05) is 37.7 Å². The summed E-state index contributed by atoms with van der Waals surface area (Å²) in [6, 6.07) is 13.2. The third-order valence-electron chi connectivity index (χ3n) is 6.84. The highest BCUT2D eigenvalue weighted by Crippen LogP contribution is 2.34. The Bertz CT molecular complexity index is 1200. The average molecular weight is 499 g/mol. The fourth-order valence-corrected chi connectivity index (χ4v) is 5.08. The lowest BCUT2D eigenvalue weighted by Crippen LogP contribution is -2.47. The Morgan fingerprint density at radius 3 is 2.77 bits per heavy atom. The molecule has 2 fully saturated rings. The van der Waals surface area contributed by atoms with Crippen molar-refractivity contribution in [3.8, 4) is 17.1 Å². The number of hydrogen-bond acceptors (Lipinski definition) is 6. The quantitative estimate of drug-likeness (QED) is 0.525. The summed E-state index contributed by atoms with van der Waals surface area (Å²) in [6.07, 6.45) is 1.81. The summed E-state index contributed by atoms with van der Waals surface area (Å²) in [5, 5.41) is 21.2. The number of phenolic OH excluding ortho intramolecular Hbond substituents is 1. The van der Waals surface area contributed by atoms with Gasteiger partial charge >= 0.3 is 6.09 Å². The van der Waals surface area contributed by atoms with Crippen molar-refractivity contribution in [2.24, 2.45) is 5.92 Å². The second-order valence-corrected chi connectivity index (χ2v) is 9.32. The smallest absolute Gasteiger partial charge is 0.407 e. The summed E-state index contributed by atoms with van der Waals surface area (Å²) in [7, 11) is 0. The van der Waals surface area contributed by atoms with Gasteiger partial charge in [0.2, 0.25) is 0 Å². The van der Waals surface area contributed by atoms with E-state index >= 15 is 0 Å². The molecule has 2 aliphatic rings. The van der Waals surface area contributed by atoms with Gasteiger partial charge in [0.1, 0.15) is 11.6 Å². The number of halogens is 1. The topological polar surface area (TPSA) is 99.0 Å². The van der Waals surface area contributed by atoms with Crippen LogP contribution in [0, 0.1) is 12.8 Å². The van der Waals surface area contributed by atoms with E-state index in [1.54, 1.807) is 17.0 Å². The van der Waals surface area contributed by atoms with Gasteiger partial charge in [-0.15, -0.1) is 12.4 Å². The molecule has 35 heavy (non-hydrogen) atoms. The molecule has 3 aromatic rings. The first-order valence-electron chi connectivity index (χ1n) is 11.9. The molecule has 5 rings (SSSR count). The van der Waals surface area contributed by atoms with Crippen LogP contribution < -0.4 is 4.90 Å². The highest BCUT2D eigenvalue weighted by atomic mass is 35.5. The van der Waals surface area contributed by atoms with Gasteiger partial charge in [-0.3, -0.25) is 0 Å². The molecule has 0 saturated carbocycles. The number of carbonyl (C=O) groups is 1. The van der Waals surface area contributed by atoms with E-state index in [2.05, 4.69) is 17.0 Å². The monoisotopic (exact) mass is 498 g/mol. The zero-order valence-corrected chi connectivity index (χ0v) is 20.6. The molecule has 0 unspecified atom stereocenters. The fourth-order valence-electron chi connectivity index (χ4n) is 5.08. The van der Waals surface area contributed by atoms with Crippen LogP contribution in [0.15, 0.2) is 42.5 Å². The summed E-state index contributed by atoms with van der Waals surface area (Å²) in [6.45, 7) is 5.18. The lowest BCUT2D eigenvalue weighted by Gasteiger charge is -2.37. The lowest BCUT2D eigenvalue weighted by atomic mass is 9.96. The molecule has 0 spiro atoms. The van der Waals surface area contributed by atoms with Crippen molar-refractivity contribution in [1.29, 1.82) is 0 Å². The van der Waals surface area contributed by atoms with Gasteiger partial charge in [-0.25, -0.2) is 14.8 Å². The molecule has 3 heterocycles. The van der Waals surface area contributed by atoms with Gasteiger partial charge in [0, 0.05) is 31.6 Å². The minimum absolute atomic E-state index is 0. The van der Waals surface area contributed by atoms with Crippen LogP contribution in [0.5, 0.6) is 5.75 Å². The van der Waals surface area contributed by atoms with Crippen molar-refractivity contribution in [2.45, 2.75) is 32.2 Å². The van der Waals surface area contributed by atoms with Crippen LogP contribution >= 0.6 is 12.4 Å². The van der Waals surface area contributed by atoms with E-state index in [0.717, 1.165) is 54.6 Å². The van der Waals surface area contributed by atoms with Gasteiger partial charge in [0.05, 0.1) is 23.7 Å². The largest absolute Gasteiger partial charge is 0.507 e. The minimum atomic E-state index is -0.877. The predicted molar refractivity (Wildman–Crippen MR) is 138 cm³/mol. The van der Waals surface area contributed by atoms with E-state index in [-0.39, 0.29) is 30.1 Å².